The molecule has 1 aromatic carbocycles. The highest BCUT2D eigenvalue weighted by molar-refractivity contribution is 6.18. The van der Waals surface area contributed by atoms with E-state index in [9.17, 15) is 9.59 Å². The molecule has 0 N–H and O–H groups in total. The van der Waals surface area contributed by atoms with E-state index in [1.54, 1.807) is 7.11 Å². The molecule has 5 heteroatoms. The quantitative estimate of drug-likeness (QED) is 0.602. The number of allylic oxidation sites excluding steroid dienone is 3. The summed E-state index contributed by atoms with van der Waals surface area (Å²) in [4.78, 5) is 24.1. The molecule has 1 aliphatic rings. The summed E-state index contributed by atoms with van der Waals surface area (Å²) in [6.07, 6.45) is 3.35. The number of rotatable bonds is 5. The molecular formula is C20H24O5. The van der Waals surface area contributed by atoms with E-state index in [2.05, 4.69) is 6.08 Å². The van der Waals surface area contributed by atoms with Gasteiger partial charge in [0.1, 0.15) is 17.1 Å². The van der Waals surface area contributed by atoms with Crippen molar-refractivity contribution >= 4 is 17.5 Å². The van der Waals surface area contributed by atoms with Crippen LogP contribution >= 0.6 is 0 Å². The summed E-state index contributed by atoms with van der Waals surface area (Å²) in [6, 6.07) is 5.50. The molecule has 5 nitrogen and oxygen atoms in total. The van der Waals surface area contributed by atoms with Crippen LogP contribution in [0.1, 0.15) is 38.3 Å². The standard InChI is InChI=1S/C20H24O5/c1-12(2)9-10-14-11-16-15(7-6-8-17(16)23-4)18(20(22)24-5)19(14)25-13(3)21/h6-9,14H,10-11H2,1-5H3. The molecule has 0 radical (unpaired) electrons. The first-order chi connectivity index (χ1) is 11.9. The minimum Gasteiger partial charge on any atom is -0.496 e. The topological polar surface area (TPSA) is 61.8 Å². The van der Waals surface area contributed by atoms with Gasteiger partial charge in [0, 0.05) is 18.4 Å². The van der Waals surface area contributed by atoms with Gasteiger partial charge in [0.2, 0.25) is 0 Å². The van der Waals surface area contributed by atoms with Crippen molar-refractivity contribution in [3.63, 3.8) is 0 Å². The second-order valence-electron chi connectivity index (χ2n) is 6.23. The van der Waals surface area contributed by atoms with Gasteiger partial charge in [-0.05, 0) is 38.3 Å². The third kappa shape index (κ3) is 4.10. The van der Waals surface area contributed by atoms with Crippen LogP contribution in [0.4, 0.5) is 0 Å². The Morgan fingerprint density at radius 2 is 1.92 bits per heavy atom. The van der Waals surface area contributed by atoms with Gasteiger partial charge in [0.15, 0.2) is 0 Å². The summed E-state index contributed by atoms with van der Waals surface area (Å²) in [6.45, 7) is 5.35. The lowest BCUT2D eigenvalue weighted by atomic mass is 9.80. The highest BCUT2D eigenvalue weighted by Gasteiger charge is 2.34. The van der Waals surface area contributed by atoms with Gasteiger partial charge in [0.25, 0.3) is 0 Å². The van der Waals surface area contributed by atoms with Crippen molar-refractivity contribution in [3.8, 4) is 5.75 Å². The zero-order chi connectivity index (χ0) is 18.6. The molecule has 1 aliphatic carbocycles. The number of esters is 2. The van der Waals surface area contributed by atoms with Gasteiger partial charge >= 0.3 is 11.9 Å². The van der Waals surface area contributed by atoms with E-state index in [1.807, 2.05) is 32.0 Å². The first-order valence-electron chi connectivity index (χ1n) is 8.19. The number of hydrogen-bond acceptors (Lipinski definition) is 5. The molecule has 0 bridgehead atoms. The number of hydrogen-bond donors (Lipinski definition) is 0. The Labute approximate surface area is 148 Å². The lowest BCUT2D eigenvalue weighted by Crippen LogP contribution is -2.24. The van der Waals surface area contributed by atoms with Crippen molar-refractivity contribution in [1.82, 2.24) is 0 Å². The second kappa shape index (κ2) is 8.01. The highest BCUT2D eigenvalue weighted by Crippen LogP contribution is 2.41. The molecule has 0 spiro atoms. The van der Waals surface area contributed by atoms with E-state index in [0.29, 0.717) is 35.5 Å². The summed E-state index contributed by atoms with van der Waals surface area (Å²) in [5, 5.41) is 0. The lowest BCUT2D eigenvalue weighted by Gasteiger charge is -2.29. The van der Waals surface area contributed by atoms with Crippen LogP contribution < -0.4 is 4.74 Å². The zero-order valence-corrected chi connectivity index (χ0v) is 15.3. The summed E-state index contributed by atoms with van der Waals surface area (Å²) >= 11 is 0. The molecule has 1 unspecified atom stereocenters. The Morgan fingerprint density at radius 1 is 1.20 bits per heavy atom. The largest absolute Gasteiger partial charge is 0.496 e. The van der Waals surface area contributed by atoms with Crippen molar-refractivity contribution in [2.45, 2.75) is 33.6 Å². The molecule has 0 aliphatic heterocycles. The van der Waals surface area contributed by atoms with Crippen molar-refractivity contribution in [3.05, 3.63) is 46.7 Å². The zero-order valence-electron chi connectivity index (χ0n) is 15.3. The molecule has 134 valence electrons. The third-order valence-corrected chi connectivity index (χ3v) is 4.14. The minimum absolute atomic E-state index is 0.142. The maximum atomic E-state index is 12.5. The molecular weight excluding hydrogens is 320 g/mol. The second-order valence-corrected chi connectivity index (χ2v) is 6.23. The van der Waals surface area contributed by atoms with Crippen LogP contribution in [0, 0.1) is 5.92 Å². The molecule has 0 amide bonds. The lowest BCUT2D eigenvalue weighted by molar-refractivity contribution is -0.138. The van der Waals surface area contributed by atoms with Gasteiger partial charge < -0.3 is 14.2 Å². The fourth-order valence-corrected chi connectivity index (χ4v) is 3.05. The van der Waals surface area contributed by atoms with Crippen LogP contribution in [0.3, 0.4) is 0 Å². The molecule has 2 rings (SSSR count). The van der Waals surface area contributed by atoms with E-state index in [1.165, 1.54) is 14.0 Å². The number of carbonyl (C=O) groups excluding carboxylic acids is 2. The van der Waals surface area contributed by atoms with Gasteiger partial charge in [0.05, 0.1) is 14.2 Å². The Balaban J connectivity index is 2.68. The van der Waals surface area contributed by atoms with E-state index >= 15 is 0 Å². The number of methoxy groups -OCH3 is 2. The maximum absolute atomic E-state index is 12.5. The molecule has 0 aromatic heterocycles. The number of ether oxygens (including phenoxy) is 3. The maximum Gasteiger partial charge on any atom is 0.341 e. The van der Waals surface area contributed by atoms with Gasteiger partial charge in [-0.15, -0.1) is 0 Å². The predicted molar refractivity (Wildman–Crippen MR) is 94.9 cm³/mol. The summed E-state index contributed by atoms with van der Waals surface area (Å²) in [5.74, 6) is -0.0325. The third-order valence-electron chi connectivity index (χ3n) is 4.14. The fourth-order valence-electron chi connectivity index (χ4n) is 3.05. The van der Waals surface area contributed by atoms with E-state index < -0.39 is 11.9 Å². The first-order valence-corrected chi connectivity index (χ1v) is 8.19. The van der Waals surface area contributed by atoms with Crippen LogP contribution in [0.5, 0.6) is 5.75 Å². The van der Waals surface area contributed by atoms with Gasteiger partial charge in [-0.3, -0.25) is 4.79 Å². The van der Waals surface area contributed by atoms with Gasteiger partial charge in [-0.25, -0.2) is 4.79 Å². The Kier molecular flexibility index (Phi) is 6.02. The smallest absolute Gasteiger partial charge is 0.341 e. The van der Waals surface area contributed by atoms with Crippen LogP contribution in [0.15, 0.2) is 35.6 Å². The average molecular weight is 344 g/mol. The predicted octanol–water partition coefficient (Wildman–Crippen LogP) is 3.67. The highest BCUT2D eigenvalue weighted by atomic mass is 16.5. The van der Waals surface area contributed by atoms with E-state index in [-0.39, 0.29) is 5.92 Å². The number of carbonyl (C=O) groups is 2. The summed E-state index contributed by atoms with van der Waals surface area (Å²) in [7, 11) is 2.92. The molecule has 0 heterocycles. The van der Waals surface area contributed by atoms with Gasteiger partial charge in [-0.2, -0.15) is 0 Å². The van der Waals surface area contributed by atoms with Crippen LogP contribution in [-0.4, -0.2) is 26.2 Å². The molecule has 1 atom stereocenters. The minimum atomic E-state index is -0.521. The Bertz CT molecular complexity index is 738. The SMILES string of the molecule is COC(=O)C1=C(OC(C)=O)C(CC=C(C)C)Cc2c(OC)cccc21. The molecule has 0 saturated heterocycles. The molecule has 25 heavy (non-hydrogen) atoms. The normalized spacial score (nSPS) is 16.0. The number of fused-ring (bicyclic) bond motifs is 1. The average Bonchev–Trinajstić information content (AvgIpc) is 2.58. The van der Waals surface area contributed by atoms with Crippen LogP contribution in [0.25, 0.3) is 5.57 Å². The Morgan fingerprint density at radius 3 is 2.48 bits per heavy atom. The molecule has 0 saturated carbocycles. The van der Waals surface area contributed by atoms with Gasteiger partial charge in [-0.1, -0.05) is 23.8 Å². The number of benzene rings is 1. The monoisotopic (exact) mass is 344 g/mol. The Hall–Kier alpha value is -2.56. The van der Waals surface area contributed by atoms with Crippen molar-refractivity contribution in [2.24, 2.45) is 5.92 Å². The molecule has 0 fully saturated rings. The van der Waals surface area contributed by atoms with Crippen molar-refractivity contribution < 1.29 is 23.8 Å². The van der Waals surface area contributed by atoms with Crippen LogP contribution in [-0.2, 0) is 25.5 Å². The molecule has 1 aromatic rings. The first kappa shape index (κ1) is 18.8. The summed E-state index contributed by atoms with van der Waals surface area (Å²) in [5.41, 5.74) is 3.07. The fraction of sp³-hybridized carbons (Fsp3) is 0.400. The van der Waals surface area contributed by atoms with E-state index in [0.717, 1.165) is 11.1 Å². The van der Waals surface area contributed by atoms with Crippen LogP contribution in [0.2, 0.25) is 0 Å². The van der Waals surface area contributed by atoms with Crippen molar-refractivity contribution in [2.75, 3.05) is 14.2 Å². The van der Waals surface area contributed by atoms with E-state index in [4.69, 9.17) is 14.2 Å². The van der Waals surface area contributed by atoms with Crippen molar-refractivity contribution in [1.29, 1.82) is 0 Å². The summed E-state index contributed by atoms with van der Waals surface area (Å²) < 4.78 is 15.9.